The summed E-state index contributed by atoms with van der Waals surface area (Å²) < 4.78 is 12.4. The van der Waals surface area contributed by atoms with Crippen molar-refractivity contribution in [3.8, 4) is 11.5 Å². The molecule has 4 rings (SSSR count). The largest absolute Gasteiger partial charge is 0.463 e. The van der Waals surface area contributed by atoms with Crippen molar-refractivity contribution in [2.75, 3.05) is 19.0 Å². The molecule has 10 nitrogen and oxygen atoms in total. The molecule has 11 heteroatoms. The van der Waals surface area contributed by atoms with Gasteiger partial charge in [0.2, 0.25) is 0 Å². The van der Waals surface area contributed by atoms with Crippen molar-refractivity contribution >= 4 is 45.2 Å². The van der Waals surface area contributed by atoms with Crippen molar-refractivity contribution in [2.24, 2.45) is 0 Å². The number of hydrogen-bond acceptors (Lipinski definition) is 8. The van der Waals surface area contributed by atoms with E-state index in [-0.39, 0.29) is 29.1 Å². The van der Waals surface area contributed by atoms with E-state index in [0.717, 1.165) is 11.3 Å². The Hall–Kier alpha value is -3.99. The molecule has 35 heavy (non-hydrogen) atoms. The van der Waals surface area contributed by atoms with Crippen LogP contribution in [0.1, 0.15) is 62.8 Å². The van der Waals surface area contributed by atoms with E-state index in [9.17, 15) is 14.4 Å². The number of pyridine rings is 1. The summed E-state index contributed by atoms with van der Waals surface area (Å²) in [6.45, 7) is 7.42. The van der Waals surface area contributed by atoms with Gasteiger partial charge in [0.05, 0.1) is 40.5 Å². The van der Waals surface area contributed by atoms with Crippen LogP contribution in [0.3, 0.4) is 0 Å². The number of fused-ring (bicyclic) bond motifs is 1. The number of furan rings is 1. The molecule has 0 saturated carbocycles. The molecule has 0 aliphatic rings. The van der Waals surface area contributed by atoms with Gasteiger partial charge in [-0.3, -0.25) is 9.59 Å². The molecule has 0 saturated heterocycles. The second kappa shape index (κ2) is 9.71. The minimum atomic E-state index is -0.615. The topological polar surface area (TPSA) is 128 Å². The Balaban J connectivity index is 1.83. The second-order valence-corrected chi connectivity index (χ2v) is 8.99. The van der Waals surface area contributed by atoms with E-state index >= 15 is 0 Å². The average molecular weight is 496 g/mol. The van der Waals surface area contributed by atoms with E-state index in [1.54, 1.807) is 42.9 Å². The molecule has 0 spiro atoms. The molecule has 2 N–H and O–H groups in total. The van der Waals surface area contributed by atoms with Crippen LogP contribution in [0.25, 0.3) is 22.5 Å². The molecule has 2 amide bonds. The molecule has 0 unspecified atom stereocenters. The monoisotopic (exact) mass is 495 g/mol. The number of ether oxygens (including phenoxy) is 1. The van der Waals surface area contributed by atoms with Crippen LogP contribution in [0.15, 0.2) is 35.1 Å². The first-order chi connectivity index (χ1) is 16.8. The smallest absolute Gasteiger partial charge is 0.341 e. The Morgan fingerprint density at radius 1 is 1.26 bits per heavy atom. The van der Waals surface area contributed by atoms with Crippen LogP contribution in [0.2, 0.25) is 0 Å². The third-order valence-electron chi connectivity index (χ3n) is 5.36. The molecular formula is C24H25N5O5S. The minimum absolute atomic E-state index is 0.00763. The van der Waals surface area contributed by atoms with Gasteiger partial charge in [-0.2, -0.15) is 5.10 Å². The third-order valence-corrected chi connectivity index (χ3v) is 6.57. The first kappa shape index (κ1) is 24.1. The summed E-state index contributed by atoms with van der Waals surface area (Å²) in [5.41, 5.74) is 1.88. The van der Waals surface area contributed by atoms with Crippen molar-refractivity contribution in [3.63, 3.8) is 0 Å². The lowest BCUT2D eigenvalue weighted by atomic mass is 10.1. The van der Waals surface area contributed by atoms with Crippen LogP contribution < -0.4 is 10.6 Å². The van der Waals surface area contributed by atoms with E-state index in [1.807, 2.05) is 13.8 Å². The van der Waals surface area contributed by atoms with Crippen LogP contribution in [-0.4, -0.2) is 46.2 Å². The van der Waals surface area contributed by atoms with Crippen molar-refractivity contribution in [3.05, 3.63) is 52.2 Å². The number of hydrogen-bond donors (Lipinski definition) is 2. The molecular weight excluding hydrogens is 470 g/mol. The molecule has 0 atom stereocenters. The van der Waals surface area contributed by atoms with Crippen molar-refractivity contribution in [1.29, 1.82) is 0 Å². The number of nitrogens with one attached hydrogen (secondary N) is 2. The Morgan fingerprint density at radius 2 is 2.03 bits per heavy atom. The van der Waals surface area contributed by atoms with E-state index in [1.165, 1.54) is 13.3 Å². The molecule has 0 radical (unpaired) electrons. The lowest BCUT2D eigenvalue weighted by Gasteiger charge is -2.10. The number of nitrogens with zero attached hydrogens (tertiary/aromatic N) is 3. The van der Waals surface area contributed by atoms with E-state index in [2.05, 4.69) is 20.7 Å². The first-order valence-corrected chi connectivity index (χ1v) is 11.8. The number of amides is 2. The summed E-state index contributed by atoms with van der Waals surface area (Å²) in [6, 6.07) is 5.12. The number of rotatable bonds is 7. The van der Waals surface area contributed by atoms with Gasteiger partial charge in [-0.25, -0.2) is 14.5 Å². The van der Waals surface area contributed by atoms with Gasteiger partial charge in [-0.05, 0) is 51.5 Å². The standard InChI is InChI=1S/C24H25N5O5S/c1-6-33-24(32)18-13(4)19(22(31)25-5)35-23(18)28-21(30)14-10-16(17-8-7-9-34-17)27-20-15(14)11-26-29(20)12(2)3/h7-12H,6H2,1-5H3,(H,25,31)(H,28,30). The Bertz CT molecular complexity index is 1420. The van der Waals surface area contributed by atoms with Gasteiger partial charge in [0.1, 0.15) is 10.7 Å². The minimum Gasteiger partial charge on any atom is -0.463 e. The van der Waals surface area contributed by atoms with Gasteiger partial charge in [0.15, 0.2) is 11.4 Å². The molecule has 0 aromatic carbocycles. The lowest BCUT2D eigenvalue weighted by molar-refractivity contribution is 0.0527. The van der Waals surface area contributed by atoms with Gasteiger partial charge in [-0.1, -0.05) is 0 Å². The van der Waals surface area contributed by atoms with Crippen LogP contribution in [0.4, 0.5) is 5.00 Å². The normalized spacial score (nSPS) is 11.1. The van der Waals surface area contributed by atoms with Crippen molar-refractivity contribution in [1.82, 2.24) is 20.1 Å². The SMILES string of the molecule is CCOC(=O)c1c(NC(=O)c2cc(-c3ccco3)nc3c2cnn3C(C)C)sc(C(=O)NC)c1C. The van der Waals surface area contributed by atoms with E-state index in [0.29, 0.717) is 38.5 Å². The molecule has 0 fully saturated rings. The van der Waals surface area contributed by atoms with Crippen LogP contribution in [0, 0.1) is 6.92 Å². The first-order valence-electron chi connectivity index (χ1n) is 11.0. The molecule has 0 aliphatic heterocycles. The second-order valence-electron chi connectivity index (χ2n) is 7.97. The van der Waals surface area contributed by atoms with Gasteiger partial charge >= 0.3 is 5.97 Å². The average Bonchev–Trinajstić information content (AvgIpc) is 3.57. The van der Waals surface area contributed by atoms with Crippen LogP contribution >= 0.6 is 11.3 Å². The maximum Gasteiger partial charge on any atom is 0.341 e. The highest BCUT2D eigenvalue weighted by Crippen LogP contribution is 2.35. The fourth-order valence-corrected chi connectivity index (χ4v) is 4.82. The molecule has 0 aliphatic carbocycles. The summed E-state index contributed by atoms with van der Waals surface area (Å²) in [7, 11) is 1.50. The fraction of sp³-hybridized carbons (Fsp3) is 0.292. The highest BCUT2D eigenvalue weighted by Gasteiger charge is 2.27. The van der Waals surface area contributed by atoms with E-state index in [4.69, 9.17) is 9.15 Å². The number of esters is 1. The maximum atomic E-state index is 13.6. The molecule has 4 aromatic heterocycles. The maximum absolute atomic E-state index is 13.6. The Morgan fingerprint density at radius 3 is 2.66 bits per heavy atom. The fourth-order valence-electron chi connectivity index (χ4n) is 3.69. The zero-order chi connectivity index (χ0) is 25.3. The predicted molar refractivity (Wildman–Crippen MR) is 132 cm³/mol. The quantitative estimate of drug-likeness (QED) is 0.363. The summed E-state index contributed by atoms with van der Waals surface area (Å²) in [4.78, 5) is 43.6. The number of anilines is 1. The summed E-state index contributed by atoms with van der Waals surface area (Å²) in [5.74, 6) is -0.957. The summed E-state index contributed by atoms with van der Waals surface area (Å²) in [5, 5.41) is 10.6. The summed E-state index contributed by atoms with van der Waals surface area (Å²) in [6.07, 6.45) is 3.12. The highest BCUT2D eigenvalue weighted by atomic mass is 32.1. The van der Waals surface area contributed by atoms with Crippen LogP contribution in [0.5, 0.6) is 0 Å². The Labute approximate surface area is 205 Å². The number of aromatic nitrogens is 3. The van der Waals surface area contributed by atoms with Gasteiger partial charge in [0, 0.05) is 13.1 Å². The zero-order valence-corrected chi connectivity index (χ0v) is 20.8. The van der Waals surface area contributed by atoms with Crippen molar-refractivity contribution < 1.29 is 23.5 Å². The van der Waals surface area contributed by atoms with Crippen molar-refractivity contribution in [2.45, 2.75) is 33.7 Å². The van der Waals surface area contributed by atoms with E-state index < -0.39 is 11.9 Å². The molecule has 4 heterocycles. The third kappa shape index (κ3) is 4.42. The number of carbonyl (C=O) groups is 3. The van der Waals surface area contributed by atoms with Gasteiger partial charge < -0.3 is 19.8 Å². The molecule has 182 valence electrons. The molecule has 4 aromatic rings. The zero-order valence-electron chi connectivity index (χ0n) is 20.0. The highest BCUT2D eigenvalue weighted by molar-refractivity contribution is 7.18. The number of carbonyl (C=O) groups excluding carboxylic acids is 3. The number of thiophene rings is 1. The summed E-state index contributed by atoms with van der Waals surface area (Å²) >= 11 is 1.01. The van der Waals surface area contributed by atoms with Crippen LogP contribution in [-0.2, 0) is 4.74 Å². The molecule has 0 bridgehead atoms. The predicted octanol–water partition coefficient (Wildman–Crippen LogP) is 4.43. The lowest BCUT2D eigenvalue weighted by Crippen LogP contribution is -2.18. The Kier molecular flexibility index (Phi) is 6.70. The van der Waals surface area contributed by atoms with Gasteiger partial charge in [-0.15, -0.1) is 11.3 Å². The van der Waals surface area contributed by atoms with Gasteiger partial charge in [0.25, 0.3) is 11.8 Å².